The largest absolute Gasteiger partial charge is 0.481 e. The van der Waals surface area contributed by atoms with Crippen molar-refractivity contribution in [2.45, 2.75) is 57.4 Å². The number of carbonyl (C=O) groups is 4. The molecule has 1 aliphatic rings. The molecule has 39 heavy (non-hydrogen) atoms. The summed E-state index contributed by atoms with van der Waals surface area (Å²) < 4.78 is 0. The zero-order chi connectivity index (χ0) is 28.4. The monoisotopic (exact) mass is 537 g/mol. The van der Waals surface area contributed by atoms with Gasteiger partial charge in [-0.2, -0.15) is 0 Å². The zero-order valence-electron chi connectivity index (χ0n) is 22.5. The van der Waals surface area contributed by atoms with E-state index in [1.807, 2.05) is 6.07 Å². The van der Waals surface area contributed by atoms with Crippen molar-refractivity contribution < 1.29 is 24.3 Å². The summed E-state index contributed by atoms with van der Waals surface area (Å²) in [6, 6.07) is 11.2. The number of hydrogen-bond donors (Lipinski definition) is 4. The summed E-state index contributed by atoms with van der Waals surface area (Å²) >= 11 is 0. The second-order valence-electron chi connectivity index (χ2n) is 9.77. The van der Waals surface area contributed by atoms with Crippen LogP contribution >= 0.6 is 0 Å². The summed E-state index contributed by atoms with van der Waals surface area (Å²) in [6.07, 6.45) is 5.16. The summed E-state index contributed by atoms with van der Waals surface area (Å²) in [7, 11) is 1.61. The van der Waals surface area contributed by atoms with Gasteiger partial charge in [0.05, 0.1) is 17.7 Å². The topological polar surface area (TPSA) is 159 Å². The first-order valence-corrected chi connectivity index (χ1v) is 13.5. The van der Waals surface area contributed by atoms with Crippen LogP contribution in [0.5, 0.6) is 0 Å². The van der Waals surface area contributed by atoms with Crippen LogP contribution in [0.3, 0.4) is 0 Å². The Labute approximate surface area is 229 Å². The number of carbonyl (C=O) groups excluding carboxylic acids is 3. The molecule has 0 saturated carbocycles. The fourth-order valence-electron chi connectivity index (χ4n) is 4.81. The number of unbranched alkanes of at least 4 members (excludes halogenated alkanes) is 3. The maximum Gasteiger partial charge on any atom is 0.305 e. The highest BCUT2D eigenvalue weighted by atomic mass is 16.4. The lowest BCUT2D eigenvalue weighted by Gasteiger charge is -2.31. The van der Waals surface area contributed by atoms with Crippen molar-refractivity contribution in [3.05, 3.63) is 59.2 Å². The fraction of sp³-hybridized carbons (Fsp3) is 0.448. The van der Waals surface area contributed by atoms with Gasteiger partial charge in [-0.3, -0.25) is 19.2 Å². The van der Waals surface area contributed by atoms with Crippen LogP contribution in [0.1, 0.15) is 72.5 Å². The summed E-state index contributed by atoms with van der Waals surface area (Å²) in [5.74, 6) is -2.17. The van der Waals surface area contributed by atoms with Crippen LogP contribution in [-0.4, -0.2) is 60.4 Å². The van der Waals surface area contributed by atoms with Gasteiger partial charge in [-0.25, -0.2) is 0 Å². The van der Waals surface area contributed by atoms with Crippen molar-refractivity contribution in [1.82, 2.24) is 4.90 Å². The number of likely N-dealkylation sites (N-methyl/N-ethyl adjacent to an activating group) is 1. The van der Waals surface area contributed by atoms with Gasteiger partial charge in [0.25, 0.3) is 11.8 Å². The molecule has 0 saturated heterocycles. The van der Waals surface area contributed by atoms with Gasteiger partial charge >= 0.3 is 5.97 Å². The number of aryl methyl sites for hydroxylation is 1. The quantitative estimate of drug-likeness (QED) is 0.270. The van der Waals surface area contributed by atoms with E-state index in [4.69, 9.17) is 11.5 Å². The maximum absolute atomic E-state index is 14.0. The van der Waals surface area contributed by atoms with E-state index in [0.29, 0.717) is 42.0 Å². The van der Waals surface area contributed by atoms with E-state index in [9.17, 15) is 24.3 Å². The first kappa shape index (κ1) is 29.8. The van der Waals surface area contributed by atoms with E-state index in [1.165, 1.54) is 9.80 Å². The third-order valence-electron chi connectivity index (χ3n) is 6.91. The van der Waals surface area contributed by atoms with Gasteiger partial charge in [0.1, 0.15) is 6.04 Å². The number of aliphatic carboxylic acids is 1. The average molecular weight is 538 g/mol. The summed E-state index contributed by atoms with van der Waals surface area (Å²) in [5, 5.41) is 12.3. The van der Waals surface area contributed by atoms with Gasteiger partial charge in [0.2, 0.25) is 5.91 Å². The number of fused-ring (bicyclic) bond motifs is 1. The predicted octanol–water partition coefficient (Wildman–Crippen LogP) is 3.06. The SMILES string of the molecule is CN1C(=O)C(c2ccccc2NC(=O)CCCN)N(CCC(=O)O)C(=O)c2cc(CCCCCCN)ccc21. The molecule has 0 spiro atoms. The van der Waals surface area contributed by atoms with Crippen LogP contribution in [0.25, 0.3) is 0 Å². The van der Waals surface area contributed by atoms with Gasteiger partial charge in [0, 0.05) is 31.3 Å². The third-order valence-corrected chi connectivity index (χ3v) is 6.91. The normalized spacial score (nSPS) is 15.2. The molecule has 2 aromatic rings. The molecule has 0 bridgehead atoms. The number of nitrogens with two attached hydrogens (primary N) is 2. The number of carboxylic acids is 1. The number of carboxylic acid groups (broad SMARTS) is 1. The molecule has 0 aromatic heterocycles. The third kappa shape index (κ3) is 7.64. The van der Waals surface area contributed by atoms with Gasteiger partial charge in [-0.1, -0.05) is 37.1 Å². The van der Waals surface area contributed by atoms with Gasteiger partial charge < -0.3 is 31.7 Å². The lowest BCUT2D eigenvalue weighted by atomic mass is 10.0. The molecule has 0 aliphatic carbocycles. The number of amides is 3. The highest BCUT2D eigenvalue weighted by molar-refractivity contribution is 6.11. The number of rotatable bonds is 14. The molecular weight excluding hydrogens is 498 g/mol. The van der Waals surface area contributed by atoms with Crippen LogP contribution in [0.15, 0.2) is 42.5 Å². The highest BCUT2D eigenvalue weighted by Crippen LogP contribution is 2.37. The van der Waals surface area contributed by atoms with Crippen LogP contribution in [0, 0.1) is 0 Å². The molecule has 1 aliphatic heterocycles. The zero-order valence-corrected chi connectivity index (χ0v) is 22.5. The molecule has 1 unspecified atom stereocenters. The Hall–Kier alpha value is -3.76. The number of hydrogen-bond acceptors (Lipinski definition) is 6. The summed E-state index contributed by atoms with van der Waals surface area (Å²) in [4.78, 5) is 54.7. The molecule has 1 atom stereocenters. The average Bonchev–Trinajstić information content (AvgIpc) is 3.00. The van der Waals surface area contributed by atoms with Crippen molar-refractivity contribution in [1.29, 1.82) is 0 Å². The van der Waals surface area contributed by atoms with Crippen molar-refractivity contribution in [3.8, 4) is 0 Å². The van der Waals surface area contributed by atoms with Crippen LogP contribution in [-0.2, 0) is 20.8 Å². The van der Waals surface area contributed by atoms with Crippen molar-refractivity contribution in [2.24, 2.45) is 11.5 Å². The molecule has 10 nitrogen and oxygen atoms in total. The Morgan fingerprint density at radius 3 is 2.38 bits per heavy atom. The van der Waals surface area contributed by atoms with E-state index in [0.717, 1.165) is 37.7 Å². The Balaban J connectivity index is 2.00. The van der Waals surface area contributed by atoms with E-state index >= 15 is 0 Å². The molecule has 210 valence electrons. The van der Waals surface area contributed by atoms with E-state index in [1.54, 1.807) is 43.4 Å². The summed E-state index contributed by atoms with van der Waals surface area (Å²) in [5.41, 5.74) is 13.7. The van der Waals surface area contributed by atoms with Gasteiger partial charge in [-0.15, -0.1) is 0 Å². The van der Waals surface area contributed by atoms with E-state index in [2.05, 4.69) is 5.32 Å². The Bertz CT molecular complexity index is 1180. The Kier molecular flexibility index (Phi) is 11.0. The van der Waals surface area contributed by atoms with Crippen LogP contribution < -0.4 is 21.7 Å². The smallest absolute Gasteiger partial charge is 0.305 e. The molecule has 2 aromatic carbocycles. The molecule has 0 radical (unpaired) electrons. The minimum absolute atomic E-state index is 0.170. The van der Waals surface area contributed by atoms with Crippen molar-refractivity contribution >= 4 is 35.1 Å². The van der Waals surface area contributed by atoms with E-state index < -0.39 is 23.8 Å². The minimum Gasteiger partial charge on any atom is -0.481 e. The van der Waals surface area contributed by atoms with E-state index in [-0.39, 0.29) is 25.3 Å². The second-order valence-corrected chi connectivity index (χ2v) is 9.77. The van der Waals surface area contributed by atoms with Crippen molar-refractivity contribution in [2.75, 3.05) is 36.9 Å². The highest BCUT2D eigenvalue weighted by Gasteiger charge is 2.40. The fourth-order valence-corrected chi connectivity index (χ4v) is 4.81. The second kappa shape index (κ2) is 14.4. The molecule has 3 amide bonds. The lowest BCUT2D eigenvalue weighted by molar-refractivity contribution is -0.137. The van der Waals surface area contributed by atoms with Crippen LogP contribution in [0.2, 0.25) is 0 Å². The lowest BCUT2D eigenvalue weighted by Crippen LogP contribution is -2.42. The summed E-state index contributed by atoms with van der Waals surface area (Å²) in [6.45, 7) is 0.866. The number of para-hydroxylation sites is 1. The first-order valence-electron chi connectivity index (χ1n) is 13.5. The Morgan fingerprint density at radius 1 is 0.949 bits per heavy atom. The molecule has 1 heterocycles. The van der Waals surface area contributed by atoms with Gasteiger partial charge in [-0.05, 0) is 62.5 Å². The maximum atomic E-state index is 14.0. The minimum atomic E-state index is -1.13. The molecule has 3 rings (SSSR count). The number of benzene rings is 2. The number of nitrogens with one attached hydrogen (secondary N) is 1. The number of nitrogens with zero attached hydrogens (tertiary/aromatic N) is 2. The molecule has 10 heteroatoms. The standard InChI is InChI=1S/C29H39N5O5/c1-33-24-14-13-20(9-4-2-3-7-16-30)19-22(24)28(38)34(18-15-26(36)37)27(29(33)39)21-10-5-6-11-23(21)32-25(35)12-8-17-31/h5-6,10-11,13-14,19,27H,2-4,7-9,12,15-18,30-31H2,1H3,(H,32,35)(H,36,37). The Morgan fingerprint density at radius 2 is 1.67 bits per heavy atom. The van der Waals surface area contributed by atoms with Gasteiger partial charge in [0.15, 0.2) is 0 Å². The molecule has 0 fully saturated rings. The van der Waals surface area contributed by atoms with Crippen molar-refractivity contribution in [3.63, 3.8) is 0 Å². The van der Waals surface area contributed by atoms with Crippen LogP contribution in [0.4, 0.5) is 11.4 Å². The first-order chi connectivity index (χ1) is 18.8. The predicted molar refractivity (Wildman–Crippen MR) is 150 cm³/mol. The number of anilines is 2. The molecular formula is C29H39N5O5. The molecule has 6 N–H and O–H groups in total.